The normalized spacial score (nSPS) is 17.7. The van der Waals surface area contributed by atoms with E-state index in [2.05, 4.69) is 9.88 Å². The molecule has 1 unspecified atom stereocenters. The molecule has 0 bridgehead atoms. The molecule has 0 spiro atoms. The number of piperazine rings is 1. The molecule has 2 amide bonds. The number of carbonyl (C=O) groups excluding carboxylic acids is 2. The lowest BCUT2D eigenvalue weighted by atomic mass is 9.72. The van der Waals surface area contributed by atoms with Crippen molar-refractivity contribution in [1.29, 1.82) is 0 Å². The Morgan fingerprint density at radius 1 is 0.896 bits per heavy atom. The van der Waals surface area contributed by atoms with Gasteiger partial charge in [0.15, 0.2) is 0 Å². The molecule has 4 aromatic rings. The van der Waals surface area contributed by atoms with E-state index < -0.39 is 21.3 Å². The third-order valence-electron chi connectivity index (χ3n) is 8.80. The summed E-state index contributed by atoms with van der Waals surface area (Å²) < 4.78 is 46.6. The lowest BCUT2D eigenvalue weighted by Gasteiger charge is -2.38. The lowest BCUT2D eigenvalue weighted by Crippen LogP contribution is -2.52. The Morgan fingerprint density at radius 3 is 2.31 bits per heavy atom. The second kappa shape index (κ2) is 13.4. The molecule has 1 aromatic heterocycles. The topological polar surface area (TPSA) is 119 Å². The summed E-state index contributed by atoms with van der Waals surface area (Å²) in [4.78, 5) is 37.2. The standard InChI is InChI=1S/C35H35ClN4O7S/c1-4-47-30-8-6-5-7-27(30)35(23-33(41)39-19-17-38(18-20-39)25-13-15-37-16-14-25)28-21-24(36)9-11-29(28)40(34(35)42)48(43,44)32-12-10-26(45-2)22-31(32)46-3/h5-16,21-22H,4,17-20,23H2,1-3H3. The fourth-order valence-electron chi connectivity index (χ4n) is 6.48. The van der Waals surface area contributed by atoms with Crippen molar-refractivity contribution >= 4 is 44.8 Å². The molecule has 0 radical (unpaired) electrons. The van der Waals surface area contributed by atoms with Gasteiger partial charge in [-0.1, -0.05) is 29.8 Å². The molecule has 0 aliphatic carbocycles. The number of methoxy groups -OCH3 is 2. The first-order chi connectivity index (χ1) is 23.1. The van der Waals surface area contributed by atoms with Crippen molar-refractivity contribution in [2.24, 2.45) is 0 Å². The van der Waals surface area contributed by atoms with E-state index in [1.54, 1.807) is 47.6 Å². The highest BCUT2D eigenvalue weighted by molar-refractivity contribution is 7.93. The van der Waals surface area contributed by atoms with Gasteiger partial charge < -0.3 is 24.0 Å². The predicted octanol–water partition coefficient (Wildman–Crippen LogP) is 4.91. The van der Waals surface area contributed by atoms with Crippen LogP contribution in [-0.2, 0) is 25.0 Å². The highest BCUT2D eigenvalue weighted by Gasteiger charge is 2.58. The average molecular weight is 691 g/mol. The van der Waals surface area contributed by atoms with Crippen molar-refractivity contribution in [3.05, 3.63) is 101 Å². The number of carbonyl (C=O) groups is 2. The number of hydrogen-bond acceptors (Lipinski definition) is 9. The smallest absolute Gasteiger partial charge is 0.274 e. The second-order valence-corrected chi connectivity index (χ2v) is 13.5. The number of halogens is 1. The van der Waals surface area contributed by atoms with E-state index in [1.165, 1.54) is 44.6 Å². The molecule has 3 heterocycles. The van der Waals surface area contributed by atoms with Crippen LogP contribution in [0.3, 0.4) is 0 Å². The Morgan fingerprint density at radius 2 is 1.62 bits per heavy atom. The van der Waals surface area contributed by atoms with Gasteiger partial charge in [0.25, 0.3) is 15.9 Å². The highest BCUT2D eigenvalue weighted by Crippen LogP contribution is 2.53. The van der Waals surface area contributed by atoms with Crippen molar-refractivity contribution in [2.45, 2.75) is 23.7 Å². The Bertz CT molecular complexity index is 1950. The number of rotatable bonds is 10. The first kappa shape index (κ1) is 33.1. The highest BCUT2D eigenvalue weighted by atomic mass is 35.5. The zero-order valence-electron chi connectivity index (χ0n) is 26.8. The number of fused-ring (bicyclic) bond motifs is 1. The molecule has 250 valence electrons. The van der Waals surface area contributed by atoms with Crippen LogP contribution in [0.5, 0.6) is 17.2 Å². The predicted molar refractivity (Wildman–Crippen MR) is 182 cm³/mol. The van der Waals surface area contributed by atoms with Gasteiger partial charge in [-0.2, -0.15) is 0 Å². The largest absolute Gasteiger partial charge is 0.497 e. The van der Waals surface area contributed by atoms with Crippen LogP contribution in [0.25, 0.3) is 0 Å². The number of aromatic nitrogens is 1. The zero-order chi connectivity index (χ0) is 34.1. The Balaban J connectivity index is 1.47. The molecule has 1 saturated heterocycles. The van der Waals surface area contributed by atoms with Crippen LogP contribution >= 0.6 is 11.6 Å². The van der Waals surface area contributed by atoms with Gasteiger partial charge in [0.1, 0.15) is 27.6 Å². The summed E-state index contributed by atoms with van der Waals surface area (Å²) in [6.45, 7) is 4.06. The van der Waals surface area contributed by atoms with Crippen LogP contribution in [-0.4, -0.2) is 77.1 Å². The van der Waals surface area contributed by atoms with Gasteiger partial charge >= 0.3 is 0 Å². The van der Waals surface area contributed by atoms with Crippen LogP contribution in [0.1, 0.15) is 24.5 Å². The summed E-state index contributed by atoms with van der Waals surface area (Å²) in [6, 6.07) is 19.6. The first-order valence-corrected chi connectivity index (χ1v) is 17.2. The number of para-hydroxylation sites is 1. The number of anilines is 2. The SMILES string of the molecule is CCOc1ccccc1C1(CC(=O)N2CCN(c3ccncc3)CC2)C(=O)N(S(=O)(=O)c2ccc(OC)cc2OC)c2ccc(Cl)cc21. The molecule has 3 aromatic carbocycles. The molecule has 0 saturated carbocycles. The summed E-state index contributed by atoms with van der Waals surface area (Å²) in [6.07, 6.45) is 3.09. The third kappa shape index (κ3) is 5.68. The second-order valence-electron chi connectivity index (χ2n) is 11.3. The minimum atomic E-state index is -4.60. The van der Waals surface area contributed by atoms with E-state index in [0.29, 0.717) is 43.2 Å². The molecule has 48 heavy (non-hydrogen) atoms. The number of hydrogen-bond donors (Lipinski definition) is 0. The van der Waals surface area contributed by atoms with Gasteiger partial charge in [0, 0.05) is 67.3 Å². The van der Waals surface area contributed by atoms with E-state index >= 15 is 4.79 Å². The van der Waals surface area contributed by atoms with E-state index in [-0.39, 0.29) is 45.9 Å². The van der Waals surface area contributed by atoms with E-state index in [9.17, 15) is 13.2 Å². The van der Waals surface area contributed by atoms with Crippen LogP contribution < -0.4 is 23.4 Å². The molecule has 13 heteroatoms. The summed E-state index contributed by atoms with van der Waals surface area (Å²) >= 11 is 6.56. The Hall–Kier alpha value is -4.81. The van der Waals surface area contributed by atoms with Gasteiger partial charge in [-0.15, -0.1) is 0 Å². The number of benzene rings is 3. The van der Waals surface area contributed by atoms with Gasteiger partial charge in [-0.05, 0) is 61.0 Å². The van der Waals surface area contributed by atoms with E-state index in [1.807, 2.05) is 19.1 Å². The fourth-order valence-corrected chi connectivity index (χ4v) is 8.28. The molecule has 1 fully saturated rings. The lowest BCUT2D eigenvalue weighted by molar-refractivity contribution is -0.135. The molecule has 1 atom stereocenters. The van der Waals surface area contributed by atoms with Crippen molar-refractivity contribution in [2.75, 3.05) is 56.2 Å². The number of ether oxygens (including phenoxy) is 3. The van der Waals surface area contributed by atoms with Crippen LogP contribution in [0.4, 0.5) is 11.4 Å². The van der Waals surface area contributed by atoms with Crippen molar-refractivity contribution < 1.29 is 32.2 Å². The average Bonchev–Trinajstić information content (AvgIpc) is 3.36. The maximum atomic E-state index is 15.1. The molecule has 11 nitrogen and oxygen atoms in total. The Kier molecular flexibility index (Phi) is 9.22. The quantitative estimate of drug-likeness (QED) is 0.229. The monoisotopic (exact) mass is 690 g/mol. The molecular weight excluding hydrogens is 656 g/mol. The maximum absolute atomic E-state index is 15.1. The zero-order valence-corrected chi connectivity index (χ0v) is 28.3. The summed E-state index contributed by atoms with van der Waals surface area (Å²) in [7, 11) is -1.81. The number of nitrogens with zero attached hydrogens (tertiary/aromatic N) is 4. The van der Waals surface area contributed by atoms with Crippen molar-refractivity contribution in [1.82, 2.24) is 9.88 Å². The molecular formula is C35H35ClN4O7S. The molecule has 6 rings (SSSR count). The maximum Gasteiger partial charge on any atom is 0.274 e. The minimum Gasteiger partial charge on any atom is -0.497 e. The van der Waals surface area contributed by atoms with Gasteiger partial charge in [-0.25, -0.2) is 12.7 Å². The fraction of sp³-hybridized carbons (Fsp3) is 0.286. The number of sulfonamides is 1. The molecule has 2 aliphatic rings. The molecule has 0 N–H and O–H groups in total. The first-order valence-electron chi connectivity index (χ1n) is 15.4. The van der Waals surface area contributed by atoms with Crippen molar-refractivity contribution in [3.63, 3.8) is 0 Å². The van der Waals surface area contributed by atoms with Gasteiger partial charge in [0.05, 0.1) is 26.5 Å². The third-order valence-corrected chi connectivity index (χ3v) is 10.8. The van der Waals surface area contributed by atoms with Crippen LogP contribution in [0.2, 0.25) is 5.02 Å². The summed E-state index contributed by atoms with van der Waals surface area (Å²) in [5.41, 5.74) is -0.0547. The van der Waals surface area contributed by atoms with E-state index in [4.69, 9.17) is 25.8 Å². The molecule has 2 aliphatic heterocycles. The van der Waals surface area contributed by atoms with Crippen LogP contribution in [0, 0.1) is 0 Å². The van der Waals surface area contributed by atoms with Gasteiger partial charge in [0.2, 0.25) is 5.91 Å². The van der Waals surface area contributed by atoms with Gasteiger partial charge in [-0.3, -0.25) is 14.6 Å². The summed E-state index contributed by atoms with van der Waals surface area (Å²) in [5, 5.41) is 0.277. The van der Waals surface area contributed by atoms with Crippen LogP contribution in [0.15, 0.2) is 90.1 Å². The summed E-state index contributed by atoms with van der Waals surface area (Å²) in [5.74, 6) is -0.408. The van der Waals surface area contributed by atoms with E-state index in [0.717, 1.165) is 9.99 Å². The minimum absolute atomic E-state index is 0.00646. The number of amides is 2. The number of pyridine rings is 1. The Labute approximate surface area is 284 Å². The van der Waals surface area contributed by atoms with Crippen molar-refractivity contribution in [3.8, 4) is 17.2 Å².